The fourth-order valence-corrected chi connectivity index (χ4v) is 2.99. The van der Waals surface area contributed by atoms with Crippen LogP contribution < -0.4 is 5.32 Å². The van der Waals surface area contributed by atoms with Gasteiger partial charge in [-0.2, -0.15) is 5.10 Å². The largest absolute Gasteiger partial charge is 0.307 e. The highest BCUT2D eigenvalue weighted by Gasteiger charge is 2.12. The van der Waals surface area contributed by atoms with Crippen LogP contribution in [-0.4, -0.2) is 30.7 Å². The number of nitrogens with one attached hydrogen (secondary N) is 1. The maximum absolute atomic E-state index is 12.7. The van der Waals surface area contributed by atoms with E-state index in [9.17, 15) is 4.79 Å². The molecule has 0 fully saturated rings. The highest BCUT2D eigenvalue weighted by molar-refractivity contribution is 6.30. The second-order valence-corrected chi connectivity index (χ2v) is 6.50. The zero-order valence-electron chi connectivity index (χ0n) is 14.6. The first-order valence-electron chi connectivity index (χ1n) is 8.55. The van der Waals surface area contributed by atoms with Gasteiger partial charge in [0.2, 0.25) is 0 Å². The van der Waals surface area contributed by atoms with Gasteiger partial charge in [0.1, 0.15) is 11.3 Å². The van der Waals surface area contributed by atoms with E-state index in [1.54, 1.807) is 33.8 Å². The summed E-state index contributed by atoms with van der Waals surface area (Å²) in [6.07, 6.45) is 1.65. The molecule has 0 spiro atoms. The normalized spacial score (nSPS) is 11.0. The molecule has 136 valence electrons. The summed E-state index contributed by atoms with van der Waals surface area (Å²) in [5.74, 6) is 0.396. The molecule has 0 saturated carbocycles. The number of amides is 1. The van der Waals surface area contributed by atoms with Crippen molar-refractivity contribution in [1.82, 2.24) is 24.8 Å². The summed E-state index contributed by atoms with van der Waals surface area (Å²) in [5, 5.41) is 16.1. The Hall–Kier alpha value is -3.19. The van der Waals surface area contributed by atoms with Gasteiger partial charge in [-0.25, -0.2) is 9.36 Å². The number of nitrogens with zero attached hydrogens (tertiary/aromatic N) is 5. The van der Waals surface area contributed by atoms with Crippen LogP contribution in [0, 0.1) is 0 Å². The second-order valence-electron chi connectivity index (χ2n) is 6.06. The van der Waals surface area contributed by atoms with Gasteiger partial charge in [-0.05, 0) is 42.8 Å². The molecule has 1 N–H and O–H groups in total. The van der Waals surface area contributed by atoms with E-state index in [0.29, 0.717) is 28.5 Å². The molecule has 8 heteroatoms. The van der Waals surface area contributed by atoms with Gasteiger partial charge < -0.3 is 5.32 Å². The quantitative estimate of drug-likeness (QED) is 0.573. The van der Waals surface area contributed by atoms with Crippen LogP contribution in [0.3, 0.4) is 0 Å². The van der Waals surface area contributed by atoms with Gasteiger partial charge in [-0.15, -0.1) is 5.10 Å². The first-order chi connectivity index (χ1) is 13.1. The fraction of sp³-hybridized carbons (Fsp3) is 0.158. The minimum Gasteiger partial charge on any atom is -0.307 e. The number of carbonyl (C=O) groups is 1. The Morgan fingerprint density at radius 3 is 2.70 bits per heavy atom. The SMILES string of the molecule is CCn1nnc2cc(C(=O)Nc3ccnn3Cc3ccc(Cl)cc3)ccc21. The van der Waals surface area contributed by atoms with Crippen molar-refractivity contribution in [3.8, 4) is 0 Å². The molecule has 7 nitrogen and oxygen atoms in total. The summed E-state index contributed by atoms with van der Waals surface area (Å²) in [6, 6.07) is 14.7. The Morgan fingerprint density at radius 1 is 1.11 bits per heavy atom. The second kappa shape index (κ2) is 7.20. The molecule has 27 heavy (non-hydrogen) atoms. The molecule has 2 aromatic carbocycles. The summed E-state index contributed by atoms with van der Waals surface area (Å²) in [6.45, 7) is 3.26. The number of fused-ring (bicyclic) bond motifs is 1. The molecule has 2 heterocycles. The molecule has 4 aromatic rings. The van der Waals surface area contributed by atoms with Crippen molar-refractivity contribution < 1.29 is 4.79 Å². The van der Waals surface area contributed by atoms with Crippen LogP contribution in [0.5, 0.6) is 0 Å². The van der Waals surface area contributed by atoms with E-state index in [1.165, 1.54) is 0 Å². The van der Waals surface area contributed by atoms with Gasteiger partial charge in [-0.3, -0.25) is 4.79 Å². The van der Waals surface area contributed by atoms with Gasteiger partial charge >= 0.3 is 0 Å². The van der Waals surface area contributed by atoms with E-state index in [1.807, 2.05) is 37.3 Å². The number of hydrogen-bond acceptors (Lipinski definition) is 4. The number of carbonyl (C=O) groups excluding carboxylic acids is 1. The maximum atomic E-state index is 12.7. The van der Waals surface area contributed by atoms with Crippen molar-refractivity contribution in [2.75, 3.05) is 5.32 Å². The standard InChI is InChI=1S/C19H17ClN6O/c1-2-25-17-8-5-14(11-16(17)23-24-25)19(27)22-18-9-10-21-26(18)12-13-3-6-15(20)7-4-13/h3-11H,2,12H2,1H3,(H,22,27). The third kappa shape index (κ3) is 3.54. The van der Waals surface area contributed by atoms with Crippen LogP contribution in [0.1, 0.15) is 22.8 Å². The van der Waals surface area contributed by atoms with E-state index in [2.05, 4.69) is 20.7 Å². The molecule has 0 atom stereocenters. The summed E-state index contributed by atoms with van der Waals surface area (Å²) >= 11 is 5.92. The lowest BCUT2D eigenvalue weighted by molar-refractivity contribution is 0.102. The lowest BCUT2D eigenvalue weighted by atomic mass is 10.2. The summed E-state index contributed by atoms with van der Waals surface area (Å²) in [5.41, 5.74) is 3.15. The molecule has 0 unspecified atom stereocenters. The van der Waals surface area contributed by atoms with Crippen molar-refractivity contribution in [2.24, 2.45) is 0 Å². The average molecular weight is 381 g/mol. The molecule has 0 aliphatic carbocycles. The predicted molar refractivity (Wildman–Crippen MR) is 104 cm³/mol. The number of rotatable bonds is 5. The highest BCUT2D eigenvalue weighted by Crippen LogP contribution is 2.17. The first kappa shape index (κ1) is 17.2. The van der Waals surface area contributed by atoms with Crippen LogP contribution in [0.25, 0.3) is 11.0 Å². The molecule has 0 aliphatic rings. The highest BCUT2D eigenvalue weighted by atomic mass is 35.5. The van der Waals surface area contributed by atoms with Crippen molar-refractivity contribution in [3.05, 3.63) is 70.9 Å². The minimum absolute atomic E-state index is 0.221. The summed E-state index contributed by atoms with van der Waals surface area (Å²) in [7, 11) is 0. The molecule has 2 aromatic heterocycles. The maximum Gasteiger partial charge on any atom is 0.256 e. The smallest absolute Gasteiger partial charge is 0.256 e. The lowest BCUT2D eigenvalue weighted by Crippen LogP contribution is -2.16. The molecule has 1 amide bonds. The number of halogens is 1. The Bertz CT molecular complexity index is 1100. The summed E-state index contributed by atoms with van der Waals surface area (Å²) in [4.78, 5) is 12.7. The minimum atomic E-state index is -0.221. The van der Waals surface area contributed by atoms with Gasteiger partial charge in [0, 0.05) is 23.2 Å². The van der Waals surface area contributed by atoms with Crippen molar-refractivity contribution >= 4 is 34.4 Å². The van der Waals surface area contributed by atoms with E-state index < -0.39 is 0 Å². The molecule has 0 aliphatic heterocycles. The average Bonchev–Trinajstić information content (AvgIpc) is 3.29. The van der Waals surface area contributed by atoms with Crippen molar-refractivity contribution in [3.63, 3.8) is 0 Å². The Balaban J connectivity index is 1.53. The monoisotopic (exact) mass is 380 g/mol. The van der Waals surface area contributed by atoms with Gasteiger partial charge in [0.15, 0.2) is 0 Å². The topological polar surface area (TPSA) is 77.6 Å². The van der Waals surface area contributed by atoms with Gasteiger partial charge in [-0.1, -0.05) is 28.9 Å². The number of benzene rings is 2. The van der Waals surface area contributed by atoms with E-state index in [4.69, 9.17) is 11.6 Å². The summed E-state index contributed by atoms with van der Waals surface area (Å²) < 4.78 is 3.52. The number of aromatic nitrogens is 5. The van der Waals surface area contributed by atoms with Crippen LogP contribution in [0.4, 0.5) is 5.82 Å². The third-order valence-electron chi connectivity index (χ3n) is 4.28. The van der Waals surface area contributed by atoms with Crippen molar-refractivity contribution in [1.29, 1.82) is 0 Å². The molecule has 0 saturated heterocycles. The first-order valence-corrected chi connectivity index (χ1v) is 8.92. The Kier molecular flexibility index (Phi) is 4.60. The van der Waals surface area contributed by atoms with E-state index >= 15 is 0 Å². The number of aryl methyl sites for hydroxylation is 1. The molecule has 0 radical (unpaired) electrons. The van der Waals surface area contributed by atoms with Crippen LogP contribution >= 0.6 is 11.6 Å². The van der Waals surface area contributed by atoms with E-state index in [0.717, 1.165) is 17.6 Å². The molecule has 4 rings (SSSR count). The third-order valence-corrected chi connectivity index (χ3v) is 4.53. The molecule has 0 bridgehead atoms. The Labute approximate surface area is 160 Å². The molecular formula is C19H17ClN6O. The van der Waals surface area contributed by atoms with E-state index in [-0.39, 0.29) is 5.91 Å². The number of anilines is 1. The zero-order valence-corrected chi connectivity index (χ0v) is 15.4. The lowest BCUT2D eigenvalue weighted by Gasteiger charge is -2.09. The van der Waals surface area contributed by atoms with Gasteiger partial charge in [0.25, 0.3) is 5.91 Å². The zero-order chi connectivity index (χ0) is 18.8. The van der Waals surface area contributed by atoms with Crippen molar-refractivity contribution in [2.45, 2.75) is 20.0 Å². The van der Waals surface area contributed by atoms with Crippen LogP contribution in [-0.2, 0) is 13.1 Å². The van der Waals surface area contributed by atoms with Crippen LogP contribution in [0.15, 0.2) is 54.7 Å². The molecular weight excluding hydrogens is 364 g/mol. The Morgan fingerprint density at radius 2 is 1.93 bits per heavy atom. The van der Waals surface area contributed by atoms with Crippen LogP contribution in [0.2, 0.25) is 5.02 Å². The fourth-order valence-electron chi connectivity index (χ4n) is 2.86. The number of hydrogen-bond donors (Lipinski definition) is 1. The van der Waals surface area contributed by atoms with Gasteiger partial charge in [0.05, 0.1) is 18.3 Å². The predicted octanol–water partition coefficient (Wildman–Crippen LogP) is 3.60.